The molecule has 0 saturated carbocycles. The van der Waals surface area contributed by atoms with Crippen LogP contribution in [0.3, 0.4) is 0 Å². The number of hydrogen-bond donors (Lipinski definition) is 1. The third-order valence-electron chi connectivity index (χ3n) is 7.55. The predicted octanol–water partition coefficient (Wildman–Crippen LogP) is 8.42. The van der Waals surface area contributed by atoms with Crippen LogP contribution in [-0.2, 0) is 16.1 Å². The number of hydrogen-bond acceptors (Lipinski definition) is 7. The zero-order chi connectivity index (χ0) is 31.2. The second-order valence-corrected chi connectivity index (χ2v) is 13.6. The predicted molar refractivity (Wildman–Crippen MR) is 177 cm³/mol. The van der Waals surface area contributed by atoms with Crippen LogP contribution in [0.4, 0.5) is 0 Å². The van der Waals surface area contributed by atoms with Crippen LogP contribution in [-0.4, -0.2) is 51.7 Å². The number of benzene rings is 3. The molecular weight excluding hydrogens is 594 g/mol. The fourth-order valence-electron chi connectivity index (χ4n) is 5.57. The second kappa shape index (κ2) is 11.9. The normalized spacial score (nSPS) is 14.6. The zero-order valence-corrected chi connectivity index (χ0v) is 26.9. The molecule has 0 radical (unpaired) electrons. The minimum atomic E-state index is -1.17. The Morgan fingerprint density at radius 3 is 2.55 bits per heavy atom. The number of carboxylic acids is 1. The summed E-state index contributed by atoms with van der Waals surface area (Å²) in [4.78, 5) is 24.6. The van der Waals surface area contributed by atoms with Gasteiger partial charge < -0.3 is 14.6 Å². The SMILES string of the molecule is Cc1cc2nc(-c3ccnc(-c4ccc5c(c4)CN(C)CCO5)c3)sc2c(-c2ccc(Cl)cc2)c1[C@H](OC(C)(C)C)C(=O)O. The third kappa shape index (κ3) is 6.21. The Balaban J connectivity index is 1.49. The summed E-state index contributed by atoms with van der Waals surface area (Å²) in [6.07, 6.45) is 0.638. The van der Waals surface area contributed by atoms with E-state index in [1.54, 1.807) is 6.20 Å². The van der Waals surface area contributed by atoms with Crippen LogP contribution in [0.2, 0.25) is 5.02 Å². The third-order valence-corrected chi connectivity index (χ3v) is 8.94. The molecule has 5 aromatic rings. The van der Waals surface area contributed by atoms with Crippen LogP contribution in [0.15, 0.2) is 66.9 Å². The van der Waals surface area contributed by atoms with Gasteiger partial charge in [-0.2, -0.15) is 0 Å². The lowest BCUT2D eigenvalue weighted by Crippen LogP contribution is -2.28. The van der Waals surface area contributed by atoms with Crippen molar-refractivity contribution in [2.75, 3.05) is 20.2 Å². The van der Waals surface area contributed by atoms with Gasteiger partial charge in [-0.1, -0.05) is 23.7 Å². The van der Waals surface area contributed by atoms with Gasteiger partial charge in [-0.15, -0.1) is 11.3 Å². The topological polar surface area (TPSA) is 84.8 Å². The number of halogens is 1. The standard InChI is InChI=1S/C35H34ClN3O4S/c1-20-16-27-32(30(21-6-9-25(36)10-7-21)29(20)31(34(40)41)43-35(2,3)4)44-33(38-27)23-12-13-37-26(18-23)22-8-11-28-24(17-22)19-39(5)14-15-42-28/h6-13,16-18,31H,14-15,19H2,1-5H3,(H,40,41)/t31-/m0/s1. The van der Waals surface area contributed by atoms with Gasteiger partial charge in [0.15, 0.2) is 6.10 Å². The van der Waals surface area contributed by atoms with Crippen molar-refractivity contribution in [3.63, 3.8) is 0 Å². The molecule has 0 unspecified atom stereocenters. The van der Waals surface area contributed by atoms with Crippen molar-refractivity contribution in [1.82, 2.24) is 14.9 Å². The highest BCUT2D eigenvalue weighted by Crippen LogP contribution is 2.44. The summed E-state index contributed by atoms with van der Waals surface area (Å²) in [5.74, 6) is -0.130. The molecule has 44 heavy (non-hydrogen) atoms. The molecular formula is C35H34ClN3O4S. The van der Waals surface area contributed by atoms with Gasteiger partial charge in [0.25, 0.3) is 0 Å². The Hall–Kier alpha value is -3.82. The lowest BCUT2D eigenvalue weighted by atomic mass is 9.91. The lowest BCUT2D eigenvalue weighted by molar-refractivity contribution is -0.160. The number of nitrogens with zero attached hydrogens (tertiary/aromatic N) is 3. The number of aliphatic carboxylic acids is 1. The second-order valence-electron chi connectivity index (χ2n) is 12.1. The Bertz CT molecular complexity index is 1860. The van der Waals surface area contributed by atoms with E-state index in [9.17, 15) is 9.90 Å². The van der Waals surface area contributed by atoms with Crippen LogP contribution in [0.5, 0.6) is 5.75 Å². The van der Waals surface area contributed by atoms with E-state index in [0.717, 1.165) is 73.1 Å². The van der Waals surface area contributed by atoms with Gasteiger partial charge in [0.1, 0.15) is 17.4 Å². The fraction of sp³-hybridized carbons (Fsp3) is 0.286. The average molecular weight is 628 g/mol. The minimum Gasteiger partial charge on any atom is -0.492 e. The first-order chi connectivity index (χ1) is 21.0. The molecule has 1 aliphatic heterocycles. The van der Waals surface area contributed by atoms with E-state index in [4.69, 9.17) is 26.1 Å². The van der Waals surface area contributed by atoms with Gasteiger partial charge in [0.2, 0.25) is 0 Å². The van der Waals surface area contributed by atoms with Crippen LogP contribution >= 0.6 is 22.9 Å². The number of carbonyl (C=O) groups is 1. The molecule has 0 bridgehead atoms. The van der Waals surface area contributed by atoms with Gasteiger partial charge in [0, 0.05) is 52.1 Å². The molecule has 6 rings (SSSR count). The van der Waals surface area contributed by atoms with Crippen LogP contribution in [0.25, 0.3) is 43.2 Å². The summed E-state index contributed by atoms with van der Waals surface area (Å²) < 4.78 is 13.0. The number of carboxylic acid groups (broad SMARTS) is 1. The van der Waals surface area contributed by atoms with Crippen molar-refractivity contribution >= 4 is 39.1 Å². The number of thiazole rings is 1. The van der Waals surface area contributed by atoms with Crippen molar-refractivity contribution < 1.29 is 19.4 Å². The van der Waals surface area contributed by atoms with Crippen LogP contribution in [0.1, 0.15) is 43.6 Å². The highest BCUT2D eigenvalue weighted by atomic mass is 35.5. The molecule has 0 saturated heterocycles. The molecule has 9 heteroatoms. The Kier molecular flexibility index (Phi) is 8.20. The van der Waals surface area contributed by atoms with Gasteiger partial charge in [-0.3, -0.25) is 9.88 Å². The Morgan fingerprint density at radius 2 is 1.82 bits per heavy atom. The summed E-state index contributed by atoms with van der Waals surface area (Å²) in [6, 6.07) is 19.7. The van der Waals surface area contributed by atoms with Crippen molar-refractivity contribution in [3.8, 4) is 38.7 Å². The number of aromatic nitrogens is 2. The van der Waals surface area contributed by atoms with Gasteiger partial charge >= 0.3 is 5.97 Å². The number of pyridine rings is 1. The van der Waals surface area contributed by atoms with E-state index in [0.29, 0.717) is 17.2 Å². The van der Waals surface area contributed by atoms with Crippen molar-refractivity contribution in [2.24, 2.45) is 0 Å². The molecule has 7 nitrogen and oxygen atoms in total. The number of rotatable bonds is 6. The lowest BCUT2D eigenvalue weighted by Gasteiger charge is -2.28. The smallest absolute Gasteiger partial charge is 0.337 e. The molecule has 0 fully saturated rings. The van der Waals surface area contributed by atoms with E-state index in [1.165, 1.54) is 11.3 Å². The van der Waals surface area contributed by atoms with E-state index in [-0.39, 0.29) is 0 Å². The molecule has 1 atom stereocenters. The summed E-state index contributed by atoms with van der Waals surface area (Å²) in [5.41, 5.74) is 7.09. The number of fused-ring (bicyclic) bond motifs is 2. The van der Waals surface area contributed by atoms with Crippen LogP contribution < -0.4 is 4.74 Å². The molecule has 0 spiro atoms. The number of likely N-dealkylation sites (N-methyl/N-ethyl adjacent to an activating group) is 1. The van der Waals surface area contributed by atoms with Crippen molar-refractivity contribution in [1.29, 1.82) is 0 Å². The van der Waals surface area contributed by atoms with Gasteiger partial charge in [0.05, 0.1) is 21.5 Å². The summed E-state index contributed by atoms with van der Waals surface area (Å²) in [5, 5.41) is 11.8. The highest BCUT2D eigenvalue weighted by molar-refractivity contribution is 7.22. The van der Waals surface area contributed by atoms with Gasteiger partial charge in [-0.05, 0) is 94.4 Å². The molecule has 3 aromatic carbocycles. The maximum atomic E-state index is 12.7. The van der Waals surface area contributed by atoms with Crippen LogP contribution in [0, 0.1) is 6.92 Å². The van der Waals surface area contributed by atoms with E-state index in [1.807, 2.05) is 76.2 Å². The Labute approximate surface area is 266 Å². The monoisotopic (exact) mass is 627 g/mol. The van der Waals surface area contributed by atoms with E-state index in [2.05, 4.69) is 29.1 Å². The van der Waals surface area contributed by atoms with E-state index >= 15 is 0 Å². The summed E-state index contributed by atoms with van der Waals surface area (Å²) in [7, 11) is 2.09. The molecule has 1 N–H and O–H groups in total. The maximum Gasteiger partial charge on any atom is 0.337 e. The number of ether oxygens (including phenoxy) is 2. The first-order valence-corrected chi connectivity index (χ1v) is 15.7. The fourth-order valence-corrected chi connectivity index (χ4v) is 6.82. The Morgan fingerprint density at radius 1 is 1.07 bits per heavy atom. The zero-order valence-electron chi connectivity index (χ0n) is 25.3. The summed E-state index contributed by atoms with van der Waals surface area (Å²) in [6.45, 7) is 9.86. The number of aryl methyl sites for hydroxylation is 1. The quantitative estimate of drug-likeness (QED) is 0.202. The maximum absolute atomic E-state index is 12.7. The molecule has 0 aliphatic carbocycles. The van der Waals surface area contributed by atoms with Gasteiger partial charge in [-0.25, -0.2) is 9.78 Å². The first-order valence-electron chi connectivity index (χ1n) is 14.5. The minimum absolute atomic E-state index is 0.602. The molecule has 1 aliphatic rings. The molecule has 3 heterocycles. The summed E-state index contributed by atoms with van der Waals surface area (Å²) >= 11 is 7.78. The average Bonchev–Trinajstić information content (AvgIpc) is 3.30. The first kappa shape index (κ1) is 30.2. The van der Waals surface area contributed by atoms with Crippen molar-refractivity contribution in [2.45, 2.75) is 45.9 Å². The molecule has 2 aromatic heterocycles. The van der Waals surface area contributed by atoms with Crippen molar-refractivity contribution in [3.05, 3.63) is 88.6 Å². The molecule has 226 valence electrons. The highest BCUT2D eigenvalue weighted by Gasteiger charge is 2.32. The van der Waals surface area contributed by atoms with E-state index < -0.39 is 17.7 Å². The largest absolute Gasteiger partial charge is 0.492 e. The molecule has 0 amide bonds.